The molecule has 1 amide bonds. The van der Waals surface area contributed by atoms with Crippen LogP contribution in [0, 0.1) is 0 Å². The number of nitrogens with one attached hydrogen (secondary N) is 1. The van der Waals surface area contributed by atoms with Gasteiger partial charge in [0, 0.05) is 4.47 Å². The molecule has 0 bridgehead atoms. The van der Waals surface area contributed by atoms with Crippen molar-refractivity contribution >= 4 is 39.4 Å². The Balaban J connectivity index is 2.67. The molecular weight excluding hydrogens is 313 g/mol. The van der Waals surface area contributed by atoms with Crippen LogP contribution in [0.4, 0.5) is 0 Å². The zero-order valence-electron chi connectivity index (χ0n) is 8.48. The summed E-state index contributed by atoms with van der Waals surface area (Å²) in [5, 5.41) is 19.9. The van der Waals surface area contributed by atoms with Crippen LogP contribution in [-0.4, -0.2) is 34.7 Å². The summed E-state index contributed by atoms with van der Waals surface area (Å²) >= 11 is 9.03. The number of carboxylic acids is 1. The topological polar surface area (TPSA) is 86.6 Å². The van der Waals surface area contributed by atoms with Crippen LogP contribution in [0.3, 0.4) is 0 Å². The smallest absolute Gasteiger partial charge is 0.334 e. The van der Waals surface area contributed by atoms with Gasteiger partial charge in [0.15, 0.2) is 6.10 Å². The quantitative estimate of drug-likeness (QED) is 0.779. The Bertz CT molecular complexity index is 452. The van der Waals surface area contributed by atoms with Gasteiger partial charge in [-0.25, -0.2) is 4.79 Å². The predicted molar refractivity (Wildman–Crippen MR) is 65.1 cm³/mol. The Kier molecular flexibility index (Phi) is 4.92. The van der Waals surface area contributed by atoms with Crippen LogP contribution in [0.2, 0.25) is 5.02 Å². The summed E-state index contributed by atoms with van der Waals surface area (Å²) < 4.78 is 0.727. The Morgan fingerprint density at radius 2 is 2.12 bits per heavy atom. The maximum atomic E-state index is 11.6. The van der Waals surface area contributed by atoms with Crippen LogP contribution in [0.5, 0.6) is 0 Å². The number of hydrogen-bond donors (Lipinski definition) is 3. The van der Waals surface area contributed by atoms with Crippen molar-refractivity contribution in [3.05, 3.63) is 33.3 Å². The molecule has 0 saturated heterocycles. The van der Waals surface area contributed by atoms with Gasteiger partial charge in [0.25, 0.3) is 5.91 Å². The molecule has 0 heterocycles. The van der Waals surface area contributed by atoms with Crippen molar-refractivity contribution in [2.45, 2.75) is 6.10 Å². The van der Waals surface area contributed by atoms with Gasteiger partial charge in [-0.2, -0.15) is 0 Å². The molecule has 0 fully saturated rings. The van der Waals surface area contributed by atoms with Gasteiger partial charge in [0.1, 0.15) is 0 Å². The second kappa shape index (κ2) is 6.00. The number of carbonyl (C=O) groups excluding carboxylic acids is 1. The molecule has 1 rings (SSSR count). The Morgan fingerprint density at radius 1 is 1.47 bits per heavy atom. The van der Waals surface area contributed by atoms with Crippen LogP contribution in [0.15, 0.2) is 22.7 Å². The summed E-state index contributed by atoms with van der Waals surface area (Å²) in [6.07, 6.45) is -1.63. The lowest BCUT2D eigenvalue weighted by molar-refractivity contribution is -0.146. The average Bonchev–Trinajstić information content (AvgIpc) is 2.25. The van der Waals surface area contributed by atoms with E-state index in [1.54, 1.807) is 12.1 Å². The summed E-state index contributed by atoms with van der Waals surface area (Å²) in [6, 6.07) is 4.67. The zero-order valence-corrected chi connectivity index (χ0v) is 10.8. The third-order valence-corrected chi connectivity index (χ3v) is 2.72. The maximum absolute atomic E-state index is 11.6. The molecule has 0 saturated carbocycles. The number of aliphatic carboxylic acids is 1. The summed E-state index contributed by atoms with van der Waals surface area (Å²) in [4.78, 5) is 21.9. The second-order valence-electron chi connectivity index (χ2n) is 3.19. The van der Waals surface area contributed by atoms with Gasteiger partial charge in [0.05, 0.1) is 17.1 Å². The van der Waals surface area contributed by atoms with Gasteiger partial charge in [-0.15, -0.1) is 0 Å². The standard InChI is InChI=1S/C10H9BrClNO4/c11-5-1-2-6(7(12)3-5)9(15)13-4-8(14)10(16)17/h1-3,8,14H,4H2,(H,13,15)(H,16,17)/t8-/m0/s1. The minimum atomic E-state index is -1.63. The molecule has 0 aliphatic carbocycles. The minimum absolute atomic E-state index is 0.215. The highest BCUT2D eigenvalue weighted by Crippen LogP contribution is 2.21. The van der Waals surface area contributed by atoms with Gasteiger partial charge in [-0.3, -0.25) is 4.79 Å². The fourth-order valence-corrected chi connectivity index (χ4v) is 1.80. The maximum Gasteiger partial charge on any atom is 0.334 e. The van der Waals surface area contributed by atoms with Crippen LogP contribution in [-0.2, 0) is 4.79 Å². The Hall–Kier alpha value is -1.11. The molecule has 1 aromatic carbocycles. The van der Waals surface area contributed by atoms with Crippen molar-refractivity contribution in [3.8, 4) is 0 Å². The first-order valence-corrected chi connectivity index (χ1v) is 5.73. The van der Waals surface area contributed by atoms with Gasteiger partial charge in [0.2, 0.25) is 0 Å². The Morgan fingerprint density at radius 3 is 2.65 bits per heavy atom. The average molecular weight is 323 g/mol. The summed E-state index contributed by atoms with van der Waals surface area (Å²) in [5.74, 6) is -1.94. The highest BCUT2D eigenvalue weighted by molar-refractivity contribution is 9.10. The number of aliphatic hydroxyl groups is 1. The van der Waals surface area contributed by atoms with Gasteiger partial charge in [-0.1, -0.05) is 27.5 Å². The fourth-order valence-electron chi connectivity index (χ4n) is 1.05. The van der Waals surface area contributed by atoms with E-state index in [1.165, 1.54) is 6.07 Å². The number of halogens is 2. The molecule has 0 unspecified atom stereocenters. The molecule has 0 aliphatic heterocycles. The monoisotopic (exact) mass is 321 g/mol. The number of carbonyl (C=O) groups is 2. The van der Waals surface area contributed by atoms with Crippen molar-refractivity contribution in [1.29, 1.82) is 0 Å². The largest absolute Gasteiger partial charge is 0.479 e. The van der Waals surface area contributed by atoms with E-state index in [9.17, 15) is 9.59 Å². The van der Waals surface area contributed by atoms with Crippen molar-refractivity contribution in [2.24, 2.45) is 0 Å². The van der Waals surface area contributed by atoms with Gasteiger partial charge >= 0.3 is 5.97 Å². The number of carboxylic acid groups (broad SMARTS) is 1. The molecule has 3 N–H and O–H groups in total. The molecular formula is C10H9BrClNO4. The molecule has 7 heteroatoms. The number of benzene rings is 1. The summed E-state index contributed by atoms with van der Waals surface area (Å²) in [6.45, 7) is -0.374. The van der Waals surface area contributed by atoms with Gasteiger partial charge in [-0.05, 0) is 18.2 Å². The van der Waals surface area contributed by atoms with Crippen LogP contribution >= 0.6 is 27.5 Å². The molecule has 0 radical (unpaired) electrons. The first-order chi connectivity index (χ1) is 7.91. The van der Waals surface area contributed by atoms with Crippen molar-refractivity contribution in [2.75, 3.05) is 6.54 Å². The van der Waals surface area contributed by atoms with Crippen LogP contribution < -0.4 is 5.32 Å². The molecule has 17 heavy (non-hydrogen) atoms. The van der Waals surface area contributed by atoms with Crippen LogP contribution in [0.1, 0.15) is 10.4 Å². The first-order valence-electron chi connectivity index (χ1n) is 4.56. The van der Waals surface area contributed by atoms with E-state index in [2.05, 4.69) is 21.2 Å². The minimum Gasteiger partial charge on any atom is -0.479 e. The number of aliphatic hydroxyl groups excluding tert-OH is 1. The third-order valence-electron chi connectivity index (χ3n) is 1.92. The van der Waals surface area contributed by atoms with Crippen LogP contribution in [0.25, 0.3) is 0 Å². The van der Waals surface area contributed by atoms with E-state index in [1.807, 2.05) is 0 Å². The lowest BCUT2D eigenvalue weighted by Crippen LogP contribution is -2.36. The molecule has 5 nitrogen and oxygen atoms in total. The second-order valence-corrected chi connectivity index (χ2v) is 4.51. The SMILES string of the molecule is O=C(NC[C@H](O)C(=O)O)c1ccc(Br)cc1Cl. The lowest BCUT2D eigenvalue weighted by Gasteiger charge is -2.08. The van der Waals surface area contributed by atoms with E-state index in [0.29, 0.717) is 0 Å². The normalized spacial score (nSPS) is 11.9. The zero-order chi connectivity index (χ0) is 13.0. The molecule has 1 atom stereocenters. The Labute approximate surface area is 111 Å². The van der Waals surface area contributed by atoms with E-state index < -0.39 is 18.0 Å². The van der Waals surface area contributed by atoms with E-state index in [-0.39, 0.29) is 17.1 Å². The fraction of sp³-hybridized carbons (Fsp3) is 0.200. The summed E-state index contributed by atoms with van der Waals surface area (Å²) in [7, 11) is 0. The number of amides is 1. The molecule has 0 spiro atoms. The molecule has 1 aromatic rings. The van der Waals surface area contributed by atoms with Gasteiger partial charge < -0.3 is 15.5 Å². The molecule has 0 aliphatic rings. The van der Waals surface area contributed by atoms with E-state index in [4.69, 9.17) is 21.8 Å². The lowest BCUT2D eigenvalue weighted by atomic mass is 10.2. The number of hydrogen-bond acceptors (Lipinski definition) is 3. The number of rotatable bonds is 4. The predicted octanol–water partition coefficient (Wildman–Crippen LogP) is 1.28. The first kappa shape index (κ1) is 14.0. The highest BCUT2D eigenvalue weighted by Gasteiger charge is 2.16. The van der Waals surface area contributed by atoms with Crippen molar-refractivity contribution < 1.29 is 19.8 Å². The molecule has 92 valence electrons. The van der Waals surface area contributed by atoms with Crippen molar-refractivity contribution in [1.82, 2.24) is 5.32 Å². The summed E-state index contributed by atoms with van der Waals surface area (Å²) in [5.41, 5.74) is 0.215. The molecule has 0 aromatic heterocycles. The van der Waals surface area contributed by atoms with E-state index >= 15 is 0 Å². The third kappa shape index (κ3) is 3.99. The van der Waals surface area contributed by atoms with Crippen molar-refractivity contribution in [3.63, 3.8) is 0 Å². The highest BCUT2D eigenvalue weighted by atomic mass is 79.9. The van der Waals surface area contributed by atoms with E-state index in [0.717, 1.165) is 4.47 Å².